The zero-order valence-corrected chi connectivity index (χ0v) is 11.5. The molecule has 0 unspecified atom stereocenters. The number of carboxylic acid groups (broad SMARTS) is 1. The van der Waals surface area contributed by atoms with Gasteiger partial charge in [-0.25, -0.2) is 4.79 Å². The van der Waals surface area contributed by atoms with Crippen LogP contribution in [-0.4, -0.2) is 61.4 Å². The van der Waals surface area contributed by atoms with Crippen LogP contribution >= 0.6 is 0 Å². The minimum absolute atomic E-state index is 0.0423. The van der Waals surface area contributed by atoms with Crippen molar-refractivity contribution in [2.24, 2.45) is 0 Å². The number of hydrogen-bond acceptors (Lipinski definition) is 5. The van der Waals surface area contributed by atoms with Crippen LogP contribution in [0.4, 0.5) is 10.7 Å². The van der Waals surface area contributed by atoms with Gasteiger partial charge in [0.2, 0.25) is 0 Å². The molecule has 1 aromatic heterocycles. The summed E-state index contributed by atoms with van der Waals surface area (Å²) in [6.45, 7) is 7.25. The van der Waals surface area contributed by atoms with Gasteiger partial charge in [-0.2, -0.15) is 5.21 Å². The van der Waals surface area contributed by atoms with Crippen molar-refractivity contribution in [1.82, 2.24) is 25.5 Å². The van der Waals surface area contributed by atoms with Crippen LogP contribution in [0.1, 0.15) is 33.6 Å². The molecule has 1 amide bonds. The lowest BCUT2D eigenvalue weighted by Crippen LogP contribution is -2.54. The molecular formula is C11H20N6O2. The first-order chi connectivity index (χ1) is 8.89. The maximum absolute atomic E-state index is 11.4. The molecule has 1 saturated heterocycles. The number of tetrazole rings is 1. The van der Waals surface area contributed by atoms with E-state index in [1.165, 1.54) is 0 Å². The van der Waals surface area contributed by atoms with Gasteiger partial charge < -0.3 is 14.9 Å². The monoisotopic (exact) mass is 268 g/mol. The van der Waals surface area contributed by atoms with Crippen LogP contribution in [0.2, 0.25) is 0 Å². The van der Waals surface area contributed by atoms with Gasteiger partial charge in [0, 0.05) is 24.7 Å². The van der Waals surface area contributed by atoms with Crippen LogP contribution < -0.4 is 4.90 Å². The Morgan fingerprint density at radius 3 is 2.47 bits per heavy atom. The summed E-state index contributed by atoms with van der Waals surface area (Å²) in [5.41, 5.74) is -0.384. The molecule has 1 aromatic rings. The molecule has 2 N–H and O–H groups in total. The lowest BCUT2D eigenvalue weighted by molar-refractivity contribution is 0.0615. The number of piperidine rings is 1. The Balaban J connectivity index is 2.00. The summed E-state index contributed by atoms with van der Waals surface area (Å²) in [4.78, 5) is 15.0. The summed E-state index contributed by atoms with van der Waals surface area (Å²) >= 11 is 0. The smallest absolute Gasteiger partial charge is 0.407 e. The van der Waals surface area contributed by atoms with Gasteiger partial charge in [-0.15, -0.1) is 5.10 Å². The maximum atomic E-state index is 11.4. The molecule has 1 fully saturated rings. The minimum Gasteiger partial charge on any atom is -0.465 e. The number of aromatic amines is 1. The second kappa shape index (κ2) is 5.02. The van der Waals surface area contributed by atoms with Gasteiger partial charge in [-0.05, 0) is 38.8 Å². The second-order valence-corrected chi connectivity index (χ2v) is 5.75. The fourth-order valence-corrected chi connectivity index (χ4v) is 2.61. The number of aromatic nitrogens is 4. The van der Waals surface area contributed by atoms with Gasteiger partial charge >= 0.3 is 6.09 Å². The van der Waals surface area contributed by atoms with Crippen molar-refractivity contribution in [3.63, 3.8) is 0 Å². The van der Waals surface area contributed by atoms with Crippen LogP contribution in [-0.2, 0) is 0 Å². The van der Waals surface area contributed by atoms with Crippen molar-refractivity contribution >= 4 is 12.0 Å². The van der Waals surface area contributed by atoms with Gasteiger partial charge in [0.1, 0.15) is 0 Å². The van der Waals surface area contributed by atoms with Crippen molar-refractivity contribution in [2.45, 2.75) is 45.2 Å². The lowest BCUT2D eigenvalue weighted by atomic mass is 9.97. The molecule has 1 aliphatic heterocycles. The summed E-state index contributed by atoms with van der Waals surface area (Å²) in [5.74, 6) is 0.580. The van der Waals surface area contributed by atoms with Gasteiger partial charge in [0.25, 0.3) is 5.95 Å². The van der Waals surface area contributed by atoms with E-state index in [0.717, 1.165) is 25.9 Å². The van der Waals surface area contributed by atoms with Gasteiger partial charge in [0.05, 0.1) is 0 Å². The topological polar surface area (TPSA) is 98.2 Å². The van der Waals surface area contributed by atoms with E-state index in [0.29, 0.717) is 5.95 Å². The van der Waals surface area contributed by atoms with Gasteiger partial charge in [-0.1, -0.05) is 5.10 Å². The Morgan fingerprint density at radius 2 is 2.05 bits per heavy atom. The van der Waals surface area contributed by atoms with E-state index in [4.69, 9.17) is 0 Å². The fraction of sp³-hybridized carbons (Fsp3) is 0.818. The number of anilines is 1. The summed E-state index contributed by atoms with van der Waals surface area (Å²) in [6, 6.07) is 0.0423. The van der Waals surface area contributed by atoms with Gasteiger partial charge in [0.15, 0.2) is 0 Å². The van der Waals surface area contributed by atoms with E-state index in [9.17, 15) is 9.90 Å². The van der Waals surface area contributed by atoms with Crippen LogP contribution in [0.25, 0.3) is 0 Å². The van der Waals surface area contributed by atoms with Crippen molar-refractivity contribution < 1.29 is 9.90 Å². The summed E-state index contributed by atoms with van der Waals surface area (Å²) in [7, 11) is 0. The highest BCUT2D eigenvalue weighted by Crippen LogP contribution is 2.25. The molecule has 2 heterocycles. The highest BCUT2D eigenvalue weighted by atomic mass is 16.4. The zero-order valence-electron chi connectivity index (χ0n) is 11.5. The van der Waals surface area contributed by atoms with Crippen LogP contribution in [0.15, 0.2) is 0 Å². The number of carbonyl (C=O) groups is 1. The molecule has 0 spiro atoms. The van der Waals surface area contributed by atoms with Crippen LogP contribution in [0.5, 0.6) is 0 Å². The lowest BCUT2D eigenvalue weighted by Gasteiger charge is -2.43. The number of H-pyrrole nitrogens is 1. The average Bonchev–Trinajstić information content (AvgIpc) is 2.81. The SMILES string of the molecule is CC(C)(C)N(C(=O)O)C1CCN(c2nn[nH]n2)CC1. The molecule has 0 aliphatic carbocycles. The number of nitrogens with zero attached hydrogens (tertiary/aromatic N) is 5. The standard InChI is InChI=1S/C11H20N6O2/c1-11(2,3)17(10(18)19)8-4-6-16(7-5-8)9-12-14-15-13-9/h8H,4-7H2,1-3H3,(H,18,19)(H,12,13,14,15). The number of amides is 1. The molecule has 8 heteroatoms. The third kappa shape index (κ3) is 2.94. The average molecular weight is 268 g/mol. The molecular weight excluding hydrogens is 248 g/mol. The molecule has 19 heavy (non-hydrogen) atoms. The van der Waals surface area contributed by atoms with Crippen molar-refractivity contribution in [2.75, 3.05) is 18.0 Å². The molecule has 0 aromatic carbocycles. The normalized spacial score (nSPS) is 17.5. The molecule has 106 valence electrons. The van der Waals surface area contributed by atoms with Crippen molar-refractivity contribution in [1.29, 1.82) is 0 Å². The minimum atomic E-state index is -0.856. The zero-order chi connectivity index (χ0) is 14.0. The highest BCUT2D eigenvalue weighted by Gasteiger charge is 2.35. The van der Waals surface area contributed by atoms with Gasteiger partial charge in [-0.3, -0.25) is 0 Å². The third-order valence-corrected chi connectivity index (χ3v) is 3.38. The first kappa shape index (κ1) is 13.6. The van der Waals surface area contributed by atoms with E-state index in [1.807, 2.05) is 25.7 Å². The van der Waals surface area contributed by atoms with E-state index >= 15 is 0 Å². The Morgan fingerprint density at radius 1 is 1.42 bits per heavy atom. The molecule has 0 saturated carbocycles. The largest absolute Gasteiger partial charge is 0.465 e. The summed E-state index contributed by atoms with van der Waals surface area (Å²) in [5, 5.41) is 23.2. The predicted molar refractivity (Wildman–Crippen MR) is 69.0 cm³/mol. The van der Waals surface area contributed by atoms with Crippen molar-refractivity contribution in [3.05, 3.63) is 0 Å². The Kier molecular flexibility index (Phi) is 3.59. The van der Waals surface area contributed by atoms with Crippen LogP contribution in [0.3, 0.4) is 0 Å². The number of rotatable bonds is 2. The molecule has 0 bridgehead atoms. The Bertz CT molecular complexity index is 419. The van der Waals surface area contributed by atoms with E-state index < -0.39 is 6.09 Å². The second-order valence-electron chi connectivity index (χ2n) is 5.75. The molecule has 0 radical (unpaired) electrons. The first-order valence-corrected chi connectivity index (χ1v) is 6.40. The molecule has 2 rings (SSSR count). The highest BCUT2D eigenvalue weighted by molar-refractivity contribution is 5.66. The van der Waals surface area contributed by atoms with Crippen LogP contribution in [0, 0.1) is 0 Å². The predicted octanol–water partition coefficient (Wildman–Crippen LogP) is 0.947. The molecule has 8 nitrogen and oxygen atoms in total. The van der Waals surface area contributed by atoms with E-state index in [2.05, 4.69) is 20.6 Å². The first-order valence-electron chi connectivity index (χ1n) is 6.40. The molecule has 0 atom stereocenters. The summed E-state index contributed by atoms with van der Waals surface area (Å²) < 4.78 is 0. The Hall–Kier alpha value is -1.86. The fourth-order valence-electron chi connectivity index (χ4n) is 2.61. The van der Waals surface area contributed by atoms with E-state index in [-0.39, 0.29) is 11.6 Å². The number of hydrogen-bond donors (Lipinski definition) is 2. The molecule has 1 aliphatic rings. The third-order valence-electron chi connectivity index (χ3n) is 3.38. The quantitative estimate of drug-likeness (QED) is 0.828. The maximum Gasteiger partial charge on any atom is 0.407 e. The summed E-state index contributed by atoms with van der Waals surface area (Å²) in [6.07, 6.45) is 0.696. The van der Waals surface area contributed by atoms with E-state index in [1.54, 1.807) is 4.90 Å². The van der Waals surface area contributed by atoms with Crippen molar-refractivity contribution in [3.8, 4) is 0 Å². The Labute approximate surface area is 111 Å². The number of nitrogens with one attached hydrogen (secondary N) is 1.